The van der Waals surface area contributed by atoms with Gasteiger partial charge in [-0.25, -0.2) is 4.98 Å². The van der Waals surface area contributed by atoms with Crippen LogP contribution in [0.15, 0.2) is 66.1 Å². The van der Waals surface area contributed by atoms with Gasteiger partial charge in [0.15, 0.2) is 5.82 Å². The molecule has 0 saturated carbocycles. The Balaban J connectivity index is 1.74. The van der Waals surface area contributed by atoms with Crippen LogP contribution in [-0.2, 0) is 0 Å². The van der Waals surface area contributed by atoms with E-state index in [0.29, 0.717) is 5.56 Å². The number of hydrogen-bond acceptors (Lipinski definition) is 5. The predicted molar refractivity (Wildman–Crippen MR) is 83.4 cm³/mol. The van der Waals surface area contributed by atoms with Gasteiger partial charge < -0.3 is 5.11 Å². The van der Waals surface area contributed by atoms with E-state index in [0.717, 1.165) is 11.0 Å². The van der Waals surface area contributed by atoms with Crippen LogP contribution in [0.25, 0.3) is 5.76 Å². The number of H-pyrrole nitrogens is 1. The predicted octanol–water partition coefficient (Wildman–Crippen LogP) is 2.94. The zero-order chi connectivity index (χ0) is 15.4. The first-order valence-electron chi connectivity index (χ1n) is 6.44. The molecule has 0 fully saturated rings. The third-order valence-corrected chi connectivity index (χ3v) is 3.75. The van der Waals surface area contributed by atoms with Crippen molar-refractivity contribution in [2.75, 3.05) is 0 Å². The maximum atomic E-state index is 11.8. The molecule has 2 heterocycles. The molecule has 2 aromatic heterocycles. The highest BCUT2D eigenvalue weighted by Crippen LogP contribution is 2.22. The van der Waals surface area contributed by atoms with E-state index in [2.05, 4.69) is 15.2 Å². The van der Waals surface area contributed by atoms with Gasteiger partial charge in [0, 0.05) is 28.9 Å². The lowest BCUT2D eigenvalue weighted by Crippen LogP contribution is -1.99. The molecule has 2 N–H and O–H groups in total. The Hall–Kier alpha value is -2.80. The third-order valence-electron chi connectivity index (χ3n) is 2.83. The summed E-state index contributed by atoms with van der Waals surface area (Å²) in [6.45, 7) is 0. The number of allylic oxidation sites excluding steroid dienone is 1. The van der Waals surface area contributed by atoms with Crippen molar-refractivity contribution >= 4 is 23.5 Å². The topological polar surface area (TPSA) is 83.8 Å². The van der Waals surface area contributed by atoms with Crippen LogP contribution >= 0.6 is 11.9 Å². The Labute approximate surface area is 130 Å². The van der Waals surface area contributed by atoms with E-state index in [-0.39, 0.29) is 11.6 Å². The molecule has 0 saturated heterocycles. The van der Waals surface area contributed by atoms with Crippen molar-refractivity contribution < 1.29 is 9.90 Å². The first-order chi connectivity index (χ1) is 10.7. The maximum absolute atomic E-state index is 11.8. The summed E-state index contributed by atoms with van der Waals surface area (Å²) >= 11 is 1.51. The van der Waals surface area contributed by atoms with Crippen molar-refractivity contribution in [2.45, 2.75) is 4.90 Å². The monoisotopic (exact) mass is 312 g/mol. The second kappa shape index (κ2) is 6.31. The van der Waals surface area contributed by atoms with Crippen LogP contribution in [0.4, 0.5) is 0 Å². The number of hydrogen-bond donors (Lipinski definition) is 2. The van der Waals surface area contributed by atoms with E-state index < -0.39 is 5.78 Å². The number of ketones is 1. The summed E-state index contributed by atoms with van der Waals surface area (Å²) in [4.78, 5) is 16.6. The molecule has 0 aliphatic heterocycles. The van der Waals surface area contributed by atoms with E-state index in [1.54, 1.807) is 12.3 Å². The van der Waals surface area contributed by atoms with Gasteiger partial charge >= 0.3 is 0 Å². The van der Waals surface area contributed by atoms with Crippen LogP contribution in [0.5, 0.6) is 0 Å². The number of nitrogens with one attached hydrogen (secondary N) is 1. The number of nitrogens with zero attached hydrogens (tertiary/aromatic N) is 3. The summed E-state index contributed by atoms with van der Waals surface area (Å²) in [7, 11) is 0. The molecule has 3 aromatic rings. The summed E-state index contributed by atoms with van der Waals surface area (Å²) < 4.78 is 1.85. The largest absolute Gasteiger partial charge is 0.507 e. The number of carbonyl (C=O) groups is 1. The standard InChI is InChI=1S/C15H12N4O2S/c20-13(8-14(21)15-16-10-17-18-15)11-6-7-19(9-11)22-12-4-2-1-3-5-12/h1-10,20H,(H,16,17,18). The zero-order valence-corrected chi connectivity index (χ0v) is 12.2. The molecule has 22 heavy (non-hydrogen) atoms. The first-order valence-corrected chi connectivity index (χ1v) is 7.22. The minimum atomic E-state index is -0.432. The second-order valence-corrected chi connectivity index (χ2v) is 5.47. The van der Waals surface area contributed by atoms with Gasteiger partial charge in [-0.1, -0.05) is 18.2 Å². The molecule has 0 spiro atoms. The first kappa shape index (κ1) is 14.2. The van der Waals surface area contributed by atoms with Gasteiger partial charge in [0.1, 0.15) is 12.1 Å². The Bertz CT molecular complexity index is 794. The molecular formula is C15H12N4O2S. The fourth-order valence-electron chi connectivity index (χ4n) is 1.79. The van der Waals surface area contributed by atoms with Crippen molar-refractivity contribution in [3.63, 3.8) is 0 Å². The molecule has 110 valence electrons. The highest BCUT2D eigenvalue weighted by molar-refractivity contribution is 7.97. The van der Waals surface area contributed by atoms with E-state index in [4.69, 9.17) is 0 Å². The van der Waals surface area contributed by atoms with E-state index in [1.807, 2.05) is 40.5 Å². The number of benzene rings is 1. The van der Waals surface area contributed by atoms with Crippen molar-refractivity contribution in [1.82, 2.24) is 19.2 Å². The highest BCUT2D eigenvalue weighted by Gasteiger charge is 2.09. The summed E-state index contributed by atoms with van der Waals surface area (Å²) in [5.41, 5.74) is 0.552. The quantitative estimate of drug-likeness (QED) is 0.430. The van der Waals surface area contributed by atoms with Gasteiger partial charge in [-0.05, 0) is 30.1 Å². The molecule has 0 bridgehead atoms. The fraction of sp³-hybridized carbons (Fsp3) is 0. The number of carbonyl (C=O) groups excluding carboxylic acids is 1. The van der Waals surface area contributed by atoms with Crippen LogP contribution in [0.2, 0.25) is 0 Å². The van der Waals surface area contributed by atoms with E-state index in [1.165, 1.54) is 18.3 Å². The van der Waals surface area contributed by atoms with Crippen molar-refractivity contribution in [3.8, 4) is 0 Å². The SMILES string of the molecule is O=C(C=C(O)c1ccn(Sc2ccccc2)c1)c1ncn[nH]1. The number of rotatable bonds is 5. The van der Waals surface area contributed by atoms with Crippen LogP contribution < -0.4 is 0 Å². The lowest BCUT2D eigenvalue weighted by Gasteiger charge is -2.01. The van der Waals surface area contributed by atoms with Crippen molar-refractivity contribution in [2.24, 2.45) is 0 Å². The van der Waals surface area contributed by atoms with Crippen LogP contribution in [0.3, 0.4) is 0 Å². The minimum absolute atomic E-state index is 0.0876. The molecule has 7 heteroatoms. The molecule has 0 amide bonds. The summed E-state index contributed by atoms with van der Waals surface area (Å²) in [5.74, 6) is -0.461. The fourth-order valence-corrected chi connectivity index (χ4v) is 2.60. The Morgan fingerprint density at radius 3 is 2.82 bits per heavy atom. The Morgan fingerprint density at radius 2 is 2.09 bits per heavy atom. The Morgan fingerprint density at radius 1 is 1.27 bits per heavy atom. The Kier molecular flexibility index (Phi) is 4.06. The normalized spacial score (nSPS) is 11.5. The average Bonchev–Trinajstić information content (AvgIpc) is 3.19. The molecule has 0 unspecified atom stereocenters. The minimum Gasteiger partial charge on any atom is -0.507 e. The molecule has 6 nitrogen and oxygen atoms in total. The van der Waals surface area contributed by atoms with Gasteiger partial charge in [0.2, 0.25) is 5.78 Å². The van der Waals surface area contributed by atoms with Gasteiger partial charge in [-0.2, -0.15) is 5.10 Å². The van der Waals surface area contributed by atoms with Crippen LogP contribution in [0, 0.1) is 0 Å². The van der Waals surface area contributed by atoms with Gasteiger partial charge in [-0.15, -0.1) is 0 Å². The molecule has 0 radical (unpaired) electrons. The maximum Gasteiger partial charge on any atom is 0.226 e. The smallest absolute Gasteiger partial charge is 0.226 e. The average molecular weight is 312 g/mol. The number of aliphatic hydroxyl groups is 1. The molecule has 3 rings (SSSR count). The molecule has 0 aliphatic carbocycles. The van der Waals surface area contributed by atoms with Gasteiger partial charge in [0.25, 0.3) is 0 Å². The summed E-state index contributed by atoms with van der Waals surface area (Å²) in [6.07, 6.45) is 5.92. The molecule has 0 atom stereocenters. The zero-order valence-electron chi connectivity index (χ0n) is 11.4. The summed E-state index contributed by atoms with van der Waals surface area (Å²) in [6, 6.07) is 11.6. The molecular weight excluding hydrogens is 300 g/mol. The number of aromatic nitrogens is 4. The molecule has 1 aromatic carbocycles. The second-order valence-electron chi connectivity index (χ2n) is 4.39. The lowest BCUT2D eigenvalue weighted by atomic mass is 10.2. The van der Waals surface area contributed by atoms with E-state index in [9.17, 15) is 9.90 Å². The van der Waals surface area contributed by atoms with Crippen molar-refractivity contribution in [1.29, 1.82) is 0 Å². The van der Waals surface area contributed by atoms with Gasteiger partial charge in [-0.3, -0.25) is 13.9 Å². The van der Waals surface area contributed by atoms with Crippen molar-refractivity contribution in [3.05, 3.63) is 72.6 Å². The molecule has 0 aliphatic rings. The van der Waals surface area contributed by atoms with Crippen LogP contribution in [-0.4, -0.2) is 30.0 Å². The van der Waals surface area contributed by atoms with Gasteiger partial charge in [0.05, 0.1) is 0 Å². The van der Waals surface area contributed by atoms with Crippen LogP contribution in [0.1, 0.15) is 16.2 Å². The third kappa shape index (κ3) is 3.26. The van der Waals surface area contributed by atoms with E-state index >= 15 is 0 Å². The highest BCUT2D eigenvalue weighted by atomic mass is 32.2. The number of aliphatic hydroxyl groups excluding tert-OH is 1. The number of aromatic amines is 1. The summed E-state index contributed by atoms with van der Waals surface area (Å²) in [5, 5.41) is 16.1. The lowest BCUT2D eigenvalue weighted by molar-refractivity contribution is 0.103.